The lowest BCUT2D eigenvalue weighted by atomic mass is 9.98. The van der Waals surface area contributed by atoms with Crippen LogP contribution in [0.3, 0.4) is 0 Å². The van der Waals surface area contributed by atoms with Crippen molar-refractivity contribution in [3.63, 3.8) is 0 Å². The van der Waals surface area contributed by atoms with E-state index in [1.807, 2.05) is 24.3 Å². The van der Waals surface area contributed by atoms with Gasteiger partial charge in [-0.05, 0) is 62.3 Å². The largest absolute Gasteiger partial charge is 0.449 e. The molecule has 1 unspecified atom stereocenters. The molecule has 0 radical (unpaired) electrons. The smallest absolute Gasteiger partial charge is 0.407 e. The van der Waals surface area contributed by atoms with E-state index in [9.17, 15) is 14.4 Å². The number of hydrogen-bond donors (Lipinski definition) is 4. The molecule has 0 heterocycles. The number of nitrogens with two attached hydrogens (primary N) is 1. The van der Waals surface area contributed by atoms with Gasteiger partial charge in [-0.25, -0.2) is 9.59 Å². The Balaban J connectivity index is 1.41. The fraction of sp³-hybridized carbons (Fsp3) is 0.583. The number of carbonyl (C=O) groups is 3. The first-order valence-electron chi connectivity index (χ1n) is 17.1. The summed E-state index contributed by atoms with van der Waals surface area (Å²) in [4.78, 5) is 38.1. The van der Waals surface area contributed by atoms with Gasteiger partial charge in [0.1, 0.15) is 18.2 Å². The van der Waals surface area contributed by atoms with Crippen LogP contribution < -0.4 is 21.7 Å². The SMILES string of the molecule is CC(C)(C)OC(=O)NCCCCC(NC(=O)OCC1c2ccccc2-c2ccccc21)C(=O)NCCOCCOCCOCCOCCN. The van der Waals surface area contributed by atoms with Crippen LogP contribution in [0.2, 0.25) is 0 Å². The van der Waals surface area contributed by atoms with Crippen LogP contribution in [0, 0.1) is 0 Å². The molecule has 3 rings (SSSR count). The Morgan fingerprint density at radius 3 is 1.84 bits per heavy atom. The van der Waals surface area contributed by atoms with Crippen molar-refractivity contribution in [2.45, 2.75) is 57.6 Å². The van der Waals surface area contributed by atoms with E-state index >= 15 is 0 Å². The Hall–Kier alpha value is -3.75. The van der Waals surface area contributed by atoms with Crippen LogP contribution in [0.25, 0.3) is 11.1 Å². The second kappa shape index (κ2) is 22.1. The van der Waals surface area contributed by atoms with Crippen LogP contribution >= 0.6 is 0 Å². The minimum atomic E-state index is -0.832. The molecule has 0 aliphatic heterocycles. The average molecular weight is 687 g/mol. The van der Waals surface area contributed by atoms with Crippen molar-refractivity contribution in [2.24, 2.45) is 5.73 Å². The molecule has 272 valence electrons. The summed E-state index contributed by atoms with van der Waals surface area (Å²) in [5, 5.41) is 8.30. The van der Waals surface area contributed by atoms with E-state index in [0.717, 1.165) is 22.3 Å². The van der Waals surface area contributed by atoms with Crippen molar-refractivity contribution in [3.05, 3.63) is 59.7 Å². The second-order valence-electron chi connectivity index (χ2n) is 12.5. The van der Waals surface area contributed by atoms with E-state index in [0.29, 0.717) is 78.6 Å². The molecular weight excluding hydrogens is 632 g/mol. The summed E-state index contributed by atoms with van der Waals surface area (Å²) < 4.78 is 32.6. The van der Waals surface area contributed by atoms with Crippen LogP contribution in [0.5, 0.6) is 0 Å². The van der Waals surface area contributed by atoms with Crippen molar-refractivity contribution < 1.29 is 42.8 Å². The van der Waals surface area contributed by atoms with Crippen LogP contribution in [0.4, 0.5) is 9.59 Å². The molecule has 1 atom stereocenters. The number of alkyl carbamates (subject to hydrolysis) is 2. The lowest BCUT2D eigenvalue weighted by Gasteiger charge is -2.21. The highest BCUT2D eigenvalue weighted by Gasteiger charge is 2.30. The summed E-state index contributed by atoms with van der Waals surface area (Å²) in [5.74, 6) is -0.444. The molecule has 0 bridgehead atoms. The first-order valence-corrected chi connectivity index (χ1v) is 17.1. The van der Waals surface area contributed by atoms with Gasteiger partial charge in [0.2, 0.25) is 5.91 Å². The van der Waals surface area contributed by atoms with Crippen LogP contribution in [0.15, 0.2) is 48.5 Å². The van der Waals surface area contributed by atoms with Gasteiger partial charge in [-0.3, -0.25) is 4.79 Å². The van der Waals surface area contributed by atoms with Gasteiger partial charge >= 0.3 is 12.2 Å². The third-order valence-electron chi connectivity index (χ3n) is 7.46. The molecule has 0 saturated heterocycles. The highest BCUT2D eigenvalue weighted by atomic mass is 16.6. The molecule has 13 heteroatoms. The minimum absolute atomic E-state index is 0.0981. The highest BCUT2D eigenvalue weighted by molar-refractivity contribution is 5.85. The van der Waals surface area contributed by atoms with E-state index in [-0.39, 0.29) is 31.6 Å². The first-order chi connectivity index (χ1) is 23.7. The number of rotatable bonds is 23. The molecule has 13 nitrogen and oxygen atoms in total. The first kappa shape index (κ1) is 39.7. The van der Waals surface area contributed by atoms with Crippen LogP contribution in [0.1, 0.15) is 57.1 Å². The number of carbonyl (C=O) groups excluding carboxylic acids is 3. The van der Waals surface area contributed by atoms with Crippen molar-refractivity contribution in [1.82, 2.24) is 16.0 Å². The molecule has 0 fully saturated rings. The zero-order chi connectivity index (χ0) is 35.3. The summed E-state index contributed by atoms with van der Waals surface area (Å²) in [6.07, 6.45) is 0.333. The third-order valence-corrected chi connectivity index (χ3v) is 7.46. The van der Waals surface area contributed by atoms with E-state index in [1.165, 1.54) is 0 Å². The number of unbranched alkanes of at least 4 members (excludes halogenated alkanes) is 1. The van der Waals surface area contributed by atoms with Gasteiger partial charge < -0.3 is 50.1 Å². The van der Waals surface area contributed by atoms with Gasteiger partial charge in [-0.15, -0.1) is 0 Å². The van der Waals surface area contributed by atoms with Gasteiger partial charge in [-0.2, -0.15) is 0 Å². The second-order valence-corrected chi connectivity index (χ2v) is 12.5. The Labute approximate surface area is 289 Å². The maximum Gasteiger partial charge on any atom is 0.407 e. The van der Waals surface area contributed by atoms with Gasteiger partial charge in [0.25, 0.3) is 0 Å². The number of nitrogens with one attached hydrogen (secondary N) is 3. The van der Waals surface area contributed by atoms with Crippen LogP contribution in [-0.2, 0) is 33.2 Å². The molecule has 2 aromatic carbocycles. The predicted octanol–water partition coefficient (Wildman–Crippen LogP) is 3.73. The van der Waals surface area contributed by atoms with E-state index in [2.05, 4.69) is 40.2 Å². The fourth-order valence-corrected chi connectivity index (χ4v) is 5.24. The van der Waals surface area contributed by atoms with Crippen molar-refractivity contribution in [2.75, 3.05) is 79.1 Å². The molecule has 0 aromatic heterocycles. The van der Waals surface area contributed by atoms with Crippen molar-refractivity contribution in [3.8, 4) is 11.1 Å². The Bertz CT molecular complexity index is 1240. The van der Waals surface area contributed by atoms with Crippen LogP contribution in [-0.4, -0.2) is 109 Å². The molecule has 49 heavy (non-hydrogen) atoms. The Kier molecular flexibility index (Phi) is 17.9. The Morgan fingerprint density at radius 2 is 1.27 bits per heavy atom. The molecule has 2 aromatic rings. The topological polar surface area (TPSA) is 169 Å². The molecule has 1 aliphatic rings. The van der Waals surface area contributed by atoms with Crippen molar-refractivity contribution in [1.29, 1.82) is 0 Å². The quantitative estimate of drug-likeness (QED) is 0.126. The monoisotopic (exact) mass is 686 g/mol. The molecule has 5 N–H and O–H groups in total. The highest BCUT2D eigenvalue weighted by Crippen LogP contribution is 2.44. The molecule has 3 amide bonds. The van der Waals surface area contributed by atoms with E-state index < -0.39 is 23.8 Å². The van der Waals surface area contributed by atoms with E-state index in [1.54, 1.807) is 20.8 Å². The van der Waals surface area contributed by atoms with Gasteiger partial charge in [0, 0.05) is 25.6 Å². The summed E-state index contributed by atoms with van der Waals surface area (Å²) in [6, 6.07) is 15.4. The number of benzene rings is 2. The summed E-state index contributed by atoms with van der Waals surface area (Å²) >= 11 is 0. The zero-order valence-electron chi connectivity index (χ0n) is 29.1. The standard InChI is InChI=1S/C36H54N4O9/c1-36(2,3)49-34(42)39-16-9-8-14-32(33(41)38-17-19-45-21-23-47-25-24-46-22-20-44-18-15-37)40-35(43)48-26-31-29-12-6-4-10-27(29)28-11-5-7-13-30(28)31/h4-7,10-13,31-32H,8-9,14-26,37H2,1-3H3,(H,38,41)(H,39,42)(H,40,43). The number of amides is 3. The number of hydrogen-bond acceptors (Lipinski definition) is 10. The predicted molar refractivity (Wildman–Crippen MR) is 185 cm³/mol. The van der Waals surface area contributed by atoms with E-state index in [4.69, 9.17) is 34.2 Å². The normalized spacial score (nSPS) is 12.9. The number of fused-ring (bicyclic) bond motifs is 3. The molecule has 1 aliphatic carbocycles. The summed E-state index contributed by atoms with van der Waals surface area (Å²) in [7, 11) is 0. The molecule has 0 saturated carbocycles. The lowest BCUT2D eigenvalue weighted by Crippen LogP contribution is -2.47. The summed E-state index contributed by atoms with van der Waals surface area (Å²) in [6.45, 7) is 10.1. The molecular formula is C36H54N4O9. The number of ether oxygens (including phenoxy) is 6. The Morgan fingerprint density at radius 1 is 0.714 bits per heavy atom. The fourth-order valence-electron chi connectivity index (χ4n) is 5.24. The van der Waals surface area contributed by atoms with Gasteiger partial charge in [0.05, 0.1) is 52.9 Å². The van der Waals surface area contributed by atoms with Crippen molar-refractivity contribution >= 4 is 18.1 Å². The maximum absolute atomic E-state index is 13.1. The third kappa shape index (κ3) is 15.1. The summed E-state index contributed by atoms with van der Waals surface area (Å²) in [5.41, 5.74) is 9.24. The maximum atomic E-state index is 13.1. The van der Waals surface area contributed by atoms with Gasteiger partial charge in [0.15, 0.2) is 0 Å². The lowest BCUT2D eigenvalue weighted by molar-refractivity contribution is -0.123. The van der Waals surface area contributed by atoms with Gasteiger partial charge in [-0.1, -0.05) is 48.5 Å². The zero-order valence-corrected chi connectivity index (χ0v) is 29.1. The average Bonchev–Trinajstić information content (AvgIpc) is 3.39. The minimum Gasteiger partial charge on any atom is -0.449 e. The molecule has 0 spiro atoms.